The van der Waals surface area contributed by atoms with Crippen molar-refractivity contribution in [2.24, 2.45) is 0 Å². The number of alkyl halides is 7. The first-order chi connectivity index (χ1) is 18.9. The summed E-state index contributed by atoms with van der Waals surface area (Å²) in [5, 5.41) is 2.55. The molecule has 2 aromatic rings. The number of sulfone groups is 1. The van der Waals surface area contributed by atoms with Gasteiger partial charge in [-0.1, -0.05) is 30.3 Å². The predicted octanol–water partition coefficient (Wildman–Crippen LogP) is 4.78. The van der Waals surface area contributed by atoms with Crippen LogP contribution in [0.15, 0.2) is 47.4 Å². The van der Waals surface area contributed by atoms with Crippen molar-refractivity contribution in [3.05, 3.63) is 64.7 Å². The zero-order chi connectivity index (χ0) is 30.2. The molecule has 2 saturated heterocycles. The van der Waals surface area contributed by atoms with Gasteiger partial charge >= 0.3 is 18.0 Å². The number of hydrogen-bond acceptors (Lipinski definition) is 4. The third kappa shape index (κ3) is 4.23. The maximum atomic E-state index is 14.9. The fraction of sp³-hybridized carbons (Fsp3) is 0.481. The molecule has 0 aromatic heterocycles. The molecule has 1 N–H and O–H groups in total. The lowest BCUT2D eigenvalue weighted by molar-refractivity contribution is -0.348. The number of hydrogen-bond donors (Lipinski definition) is 1. The minimum Gasteiger partial charge on any atom is -0.344 e. The van der Waals surface area contributed by atoms with Gasteiger partial charge in [0, 0.05) is 18.5 Å². The molecule has 2 aliphatic heterocycles. The van der Waals surface area contributed by atoms with Crippen LogP contribution in [0.4, 0.5) is 30.7 Å². The number of likely N-dealkylation sites (tertiary alicyclic amines) is 1. The number of amides is 2. The summed E-state index contributed by atoms with van der Waals surface area (Å²) in [4.78, 5) is 26.4. The smallest absolute Gasteiger partial charge is 0.344 e. The third-order valence-electron chi connectivity index (χ3n) is 8.42. The number of carbonyl (C=O) groups excluding carboxylic acids is 2. The average Bonchev–Trinajstić information content (AvgIpc) is 3.51. The Morgan fingerprint density at radius 2 is 1.66 bits per heavy atom. The molecule has 3 aliphatic rings. The SMILES string of the molecule is Cc1cccc(S(=O)(=O)C23CCN(C(=O)C4CCC(=O)N4)C2CCc2cc(C(F)(C(F)(F)F)C(F)(F)F)ccc23)c1. The van der Waals surface area contributed by atoms with Crippen molar-refractivity contribution in [1.29, 1.82) is 0 Å². The van der Waals surface area contributed by atoms with E-state index in [1.807, 2.05) is 0 Å². The highest BCUT2D eigenvalue weighted by Crippen LogP contribution is 2.56. The first-order valence-electron chi connectivity index (χ1n) is 12.8. The number of halogens is 7. The fourth-order valence-corrected chi connectivity index (χ4v) is 8.96. The van der Waals surface area contributed by atoms with Crippen molar-refractivity contribution in [2.45, 2.75) is 78.8 Å². The molecule has 2 aromatic carbocycles. The van der Waals surface area contributed by atoms with Gasteiger partial charge in [-0.2, -0.15) is 26.3 Å². The lowest BCUT2D eigenvalue weighted by Crippen LogP contribution is -2.55. The zero-order valence-electron chi connectivity index (χ0n) is 21.6. The van der Waals surface area contributed by atoms with E-state index < -0.39 is 56.2 Å². The molecule has 2 fully saturated rings. The minimum absolute atomic E-state index is 0.0727. The molecule has 1 aliphatic carbocycles. The Hall–Kier alpha value is -3.16. The molecule has 0 radical (unpaired) electrons. The molecule has 41 heavy (non-hydrogen) atoms. The fourth-order valence-electron chi connectivity index (χ4n) is 6.49. The maximum absolute atomic E-state index is 14.9. The van der Waals surface area contributed by atoms with Crippen molar-refractivity contribution in [3.8, 4) is 0 Å². The van der Waals surface area contributed by atoms with Gasteiger partial charge in [0.2, 0.25) is 11.8 Å². The summed E-state index contributed by atoms with van der Waals surface area (Å²) in [6.45, 7) is 1.57. The number of rotatable bonds is 4. The summed E-state index contributed by atoms with van der Waals surface area (Å²) in [5.41, 5.74) is -7.03. The van der Waals surface area contributed by atoms with E-state index in [4.69, 9.17) is 0 Å². The highest BCUT2D eigenvalue weighted by Gasteiger charge is 2.74. The first kappa shape index (κ1) is 29.3. The van der Waals surface area contributed by atoms with Crippen LogP contribution in [0.1, 0.15) is 47.9 Å². The van der Waals surface area contributed by atoms with E-state index in [1.54, 1.807) is 13.0 Å². The summed E-state index contributed by atoms with van der Waals surface area (Å²) < 4.78 is 123. The monoisotopic (exact) mass is 606 g/mol. The summed E-state index contributed by atoms with van der Waals surface area (Å²) in [7, 11) is -4.42. The number of nitrogens with zero attached hydrogens (tertiary/aromatic N) is 1. The number of benzene rings is 2. The van der Waals surface area contributed by atoms with Crippen molar-refractivity contribution in [3.63, 3.8) is 0 Å². The molecule has 5 rings (SSSR count). The van der Waals surface area contributed by atoms with Gasteiger partial charge in [-0.15, -0.1) is 0 Å². The summed E-state index contributed by atoms with van der Waals surface area (Å²) in [6.07, 6.45) is -12.9. The summed E-state index contributed by atoms with van der Waals surface area (Å²) in [5.74, 6) is -0.856. The minimum atomic E-state index is -6.33. The molecular formula is C27H25F7N2O4S. The second-order valence-electron chi connectivity index (χ2n) is 10.7. The van der Waals surface area contributed by atoms with E-state index in [9.17, 15) is 48.7 Å². The Bertz CT molecular complexity index is 1510. The molecule has 0 bridgehead atoms. The molecule has 2 heterocycles. The van der Waals surface area contributed by atoms with Gasteiger partial charge in [0.25, 0.3) is 0 Å². The van der Waals surface area contributed by atoms with Crippen LogP contribution in [0, 0.1) is 6.92 Å². The Balaban J connectivity index is 1.69. The van der Waals surface area contributed by atoms with Gasteiger partial charge in [-0.05, 0) is 61.4 Å². The van der Waals surface area contributed by atoms with Crippen LogP contribution in [0.2, 0.25) is 0 Å². The molecular weight excluding hydrogens is 581 g/mol. The van der Waals surface area contributed by atoms with E-state index in [0.717, 1.165) is 6.07 Å². The number of nitrogens with one attached hydrogen (secondary N) is 1. The second kappa shape index (κ2) is 9.43. The summed E-state index contributed by atoms with van der Waals surface area (Å²) >= 11 is 0. The van der Waals surface area contributed by atoms with Gasteiger partial charge in [-0.3, -0.25) is 9.59 Å². The molecule has 0 saturated carbocycles. The van der Waals surface area contributed by atoms with E-state index in [-0.39, 0.29) is 60.6 Å². The van der Waals surface area contributed by atoms with Crippen LogP contribution in [0.25, 0.3) is 0 Å². The van der Waals surface area contributed by atoms with Crippen LogP contribution in [-0.2, 0) is 36.3 Å². The topological polar surface area (TPSA) is 83.6 Å². The number of carbonyl (C=O) groups is 2. The van der Waals surface area contributed by atoms with Crippen molar-refractivity contribution in [1.82, 2.24) is 10.2 Å². The maximum Gasteiger partial charge on any atom is 0.435 e. The second-order valence-corrected chi connectivity index (χ2v) is 12.9. The Kier molecular flexibility index (Phi) is 6.75. The van der Waals surface area contributed by atoms with Crippen molar-refractivity contribution in [2.75, 3.05) is 6.54 Å². The Morgan fingerprint density at radius 3 is 2.24 bits per heavy atom. The average molecular weight is 607 g/mol. The van der Waals surface area contributed by atoms with Gasteiger partial charge in [-0.25, -0.2) is 12.8 Å². The lowest BCUT2D eigenvalue weighted by atomic mass is 9.76. The van der Waals surface area contributed by atoms with Crippen LogP contribution in [0.3, 0.4) is 0 Å². The molecule has 0 spiro atoms. The number of aryl methyl sites for hydroxylation is 2. The lowest BCUT2D eigenvalue weighted by Gasteiger charge is -2.43. The predicted molar refractivity (Wildman–Crippen MR) is 131 cm³/mol. The van der Waals surface area contributed by atoms with E-state index in [0.29, 0.717) is 17.7 Å². The highest BCUT2D eigenvalue weighted by molar-refractivity contribution is 7.92. The molecule has 14 heteroatoms. The molecule has 2 amide bonds. The normalized spacial score (nSPS) is 25.1. The van der Waals surface area contributed by atoms with Gasteiger partial charge in [0.05, 0.1) is 10.9 Å². The third-order valence-corrected chi connectivity index (χ3v) is 11.0. The first-order valence-corrected chi connectivity index (χ1v) is 14.3. The molecule has 6 nitrogen and oxygen atoms in total. The zero-order valence-corrected chi connectivity index (χ0v) is 22.4. The van der Waals surface area contributed by atoms with Gasteiger partial charge in [0.15, 0.2) is 9.84 Å². The highest BCUT2D eigenvalue weighted by atomic mass is 32.2. The number of fused-ring (bicyclic) bond motifs is 3. The van der Waals surface area contributed by atoms with Crippen LogP contribution in [0.5, 0.6) is 0 Å². The van der Waals surface area contributed by atoms with Gasteiger partial charge in [0.1, 0.15) is 10.8 Å². The van der Waals surface area contributed by atoms with Crippen LogP contribution >= 0.6 is 0 Å². The van der Waals surface area contributed by atoms with E-state index in [1.165, 1.54) is 23.1 Å². The summed E-state index contributed by atoms with van der Waals surface area (Å²) in [6, 6.07) is 5.56. The van der Waals surface area contributed by atoms with Crippen LogP contribution < -0.4 is 5.32 Å². The van der Waals surface area contributed by atoms with Gasteiger partial charge < -0.3 is 10.2 Å². The molecule has 222 valence electrons. The largest absolute Gasteiger partial charge is 0.435 e. The van der Waals surface area contributed by atoms with E-state index >= 15 is 0 Å². The van der Waals surface area contributed by atoms with Crippen molar-refractivity contribution >= 4 is 21.7 Å². The Labute approximate surface area is 230 Å². The van der Waals surface area contributed by atoms with E-state index in [2.05, 4.69) is 5.32 Å². The molecule has 3 unspecified atom stereocenters. The molecule has 3 atom stereocenters. The quantitative estimate of drug-likeness (QED) is 0.508. The standard InChI is InChI=1S/C27H25F7N2O4S/c1-15-3-2-4-18(13-15)41(39,40)24-11-12-36(23(38)20-8-10-22(37)35-20)21(24)9-5-16-14-17(6-7-19(16)24)25(28,26(29,30)31)27(32,33)34/h2-4,6-7,13-14,20-21H,5,8-12H2,1H3,(H,35,37). The Morgan fingerprint density at radius 1 is 0.976 bits per heavy atom. The van der Waals surface area contributed by atoms with Crippen molar-refractivity contribution < 1.29 is 48.7 Å². The van der Waals surface area contributed by atoms with Crippen LogP contribution in [-0.4, -0.2) is 56.1 Å².